The standard InChI is InChI=1S/C24H22N2O3/c1-14-6-11-20-19(12-14)21(24(28)29)18-5-3-4-17(22(18)26-20)13-15-7-9-16(10-8-15)23(27)25-2/h6-13H,3-5H2,1-2H3,(H,25,27)(H,28,29). The van der Waals surface area contributed by atoms with E-state index in [2.05, 4.69) is 5.32 Å². The van der Waals surface area contributed by atoms with Crippen LogP contribution in [0.1, 0.15) is 55.9 Å². The van der Waals surface area contributed by atoms with Crippen LogP contribution in [0.25, 0.3) is 22.6 Å². The zero-order valence-corrected chi connectivity index (χ0v) is 16.5. The number of aryl methyl sites for hydroxylation is 1. The van der Waals surface area contributed by atoms with Crippen molar-refractivity contribution >= 4 is 34.4 Å². The number of pyridine rings is 1. The molecule has 0 atom stereocenters. The number of amides is 1. The SMILES string of the molecule is CNC(=O)c1ccc(C=C2CCCc3c2nc2ccc(C)cc2c3C(=O)O)cc1. The number of benzene rings is 2. The van der Waals surface area contributed by atoms with Gasteiger partial charge in [0, 0.05) is 18.0 Å². The topological polar surface area (TPSA) is 79.3 Å². The molecule has 0 spiro atoms. The van der Waals surface area contributed by atoms with E-state index in [1.807, 2.05) is 43.3 Å². The Balaban J connectivity index is 1.85. The Labute approximate surface area is 169 Å². The lowest BCUT2D eigenvalue weighted by Gasteiger charge is -2.22. The predicted molar refractivity (Wildman–Crippen MR) is 114 cm³/mol. The first kappa shape index (κ1) is 18.9. The van der Waals surface area contributed by atoms with Gasteiger partial charge < -0.3 is 10.4 Å². The number of nitrogens with one attached hydrogen (secondary N) is 1. The average molecular weight is 386 g/mol. The van der Waals surface area contributed by atoms with E-state index in [4.69, 9.17) is 4.98 Å². The minimum atomic E-state index is -0.907. The highest BCUT2D eigenvalue weighted by atomic mass is 16.4. The van der Waals surface area contributed by atoms with Gasteiger partial charge in [-0.15, -0.1) is 0 Å². The normalized spacial score (nSPS) is 14.6. The van der Waals surface area contributed by atoms with E-state index in [0.717, 1.165) is 40.8 Å². The van der Waals surface area contributed by atoms with Crippen LogP contribution in [0.4, 0.5) is 0 Å². The van der Waals surface area contributed by atoms with Gasteiger partial charge in [-0.25, -0.2) is 9.78 Å². The summed E-state index contributed by atoms with van der Waals surface area (Å²) in [5.41, 5.74) is 6.28. The maximum absolute atomic E-state index is 12.1. The van der Waals surface area contributed by atoms with Crippen LogP contribution in [0.2, 0.25) is 0 Å². The van der Waals surface area contributed by atoms with Crippen molar-refractivity contribution in [2.45, 2.75) is 26.2 Å². The number of carboxylic acids is 1. The summed E-state index contributed by atoms with van der Waals surface area (Å²) in [4.78, 5) is 28.7. The Morgan fingerprint density at radius 1 is 1.10 bits per heavy atom. The molecule has 1 heterocycles. The number of aromatic nitrogens is 1. The molecule has 2 aromatic carbocycles. The average Bonchev–Trinajstić information content (AvgIpc) is 2.72. The lowest BCUT2D eigenvalue weighted by Crippen LogP contribution is -2.17. The van der Waals surface area contributed by atoms with E-state index in [1.54, 1.807) is 19.2 Å². The molecule has 5 heteroatoms. The van der Waals surface area contributed by atoms with E-state index < -0.39 is 5.97 Å². The van der Waals surface area contributed by atoms with Crippen molar-refractivity contribution in [2.75, 3.05) is 7.05 Å². The fraction of sp³-hybridized carbons (Fsp3) is 0.208. The number of rotatable bonds is 3. The van der Waals surface area contributed by atoms with Gasteiger partial charge in [-0.05, 0) is 73.2 Å². The number of carboxylic acid groups (broad SMARTS) is 1. The van der Waals surface area contributed by atoms with Gasteiger partial charge in [-0.2, -0.15) is 0 Å². The number of aromatic carboxylic acids is 1. The van der Waals surface area contributed by atoms with Crippen LogP contribution in [0.15, 0.2) is 42.5 Å². The molecular formula is C24H22N2O3. The van der Waals surface area contributed by atoms with Gasteiger partial charge in [-0.1, -0.05) is 23.8 Å². The number of nitrogens with zero attached hydrogens (tertiary/aromatic N) is 1. The molecule has 0 aliphatic heterocycles. The second kappa shape index (κ2) is 7.51. The highest BCUT2D eigenvalue weighted by molar-refractivity contribution is 6.06. The van der Waals surface area contributed by atoms with E-state index in [1.165, 1.54) is 0 Å². The van der Waals surface area contributed by atoms with Crippen LogP contribution in [-0.2, 0) is 6.42 Å². The molecule has 1 aliphatic rings. The minimum absolute atomic E-state index is 0.123. The highest BCUT2D eigenvalue weighted by Gasteiger charge is 2.25. The quantitative estimate of drug-likeness (QED) is 0.696. The van der Waals surface area contributed by atoms with Crippen molar-refractivity contribution < 1.29 is 14.7 Å². The van der Waals surface area contributed by atoms with Crippen LogP contribution in [0.5, 0.6) is 0 Å². The van der Waals surface area contributed by atoms with Gasteiger partial charge in [0.15, 0.2) is 0 Å². The molecule has 29 heavy (non-hydrogen) atoms. The summed E-state index contributed by atoms with van der Waals surface area (Å²) in [5.74, 6) is -1.03. The lowest BCUT2D eigenvalue weighted by molar-refractivity contribution is 0.0697. The molecule has 0 fully saturated rings. The Morgan fingerprint density at radius 3 is 2.55 bits per heavy atom. The summed E-state index contributed by atoms with van der Waals surface area (Å²) in [6.07, 6.45) is 4.48. The van der Waals surface area contributed by atoms with Crippen LogP contribution in [-0.4, -0.2) is 29.0 Å². The fourth-order valence-corrected chi connectivity index (χ4v) is 3.96. The maximum atomic E-state index is 12.1. The summed E-state index contributed by atoms with van der Waals surface area (Å²) >= 11 is 0. The molecule has 5 nitrogen and oxygen atoms in total. The van der Waals surface area contributed by atoms with Crippen molar-refractivity contribution in [3.05, 3.63) is 76.0 Å². The Hall–Kier alpha value is -3.47. The zero-order valence-electron chi connectivity index (χ0n) is 16.5. The summed E-state index contributed by atoms with van der Waals surface area (Å²) in [6.45, 7) is 1.96. The largest absolute Gasteiger partial charge is 0.478 e. The van der Waals surface area contributed by atoms with Crippen molar-refractivity contribution in [3.63, 3.8) is 0 Å². The predicted octanol–water partition coefficient (Wildman–Crippen LogP) is 4.48. The first-order valence-corrected chi connectivity index (χ1v) is 9.67. The van der Waals surface area contributed by atoms with Crippen LogP contribution in [0.3, 0.4) is 0 Å². The van der Waals surface area contributed by atoms with Crippen LogP contribution < -0.4 is 5.32 Å². The van der Waals surface area contributed by atoms with Gasteiger partial charge in [0.05, 0.1) is 16.8 Å². The van der Waals surface area contributed by atoms with E-state index in [-0.39, 0.29) is 5.91 Å². The van der Waals surface area contributed by atoms with Gasteiger partial charge >= 0.3 is 5.97 Å². The van der Waals surface area contributed by atoms with Crippen LogP contribution >= 0.6 is 0 Å². The molecule has 0 saturated carbocycles. The Kier molecular flexibility index (Phi) is 4.89. The number of hydrogen-bond acceptors (Lipinski definition) is 3. The minimum Gasteiger partial charge on any atom is -0.478 e. The molecule has 146 valence electrons. The number of hydrogen-bond donors (Lipinski definition) is 2. The summed E-state index contributed by atoms with van der Waals surface area (Å²) < 4.78 is 0. The smallest absolute Gasteiger partial charge is 0.336 e. The molecule has 3 aromatic rings. The molecule has 4 rings (SSSR count). The molecular weight excluding hydrogens is 364 g/mol. The Morgan fingerprint density at radius 2 is 1.86 bits per heavy atom. The third kappa shape index (κ3) is 3.51. The van der Waals surface area contributed by atoms with Crippen molar-refractivity contribution in [1.29, 1.82) is 0 Å². The van der Waals surface area contributed by atoms with Gasteiger partial charge in [0.1, 0.15) is 0 Å². The molecule has 0 bridgehead atoms. The van der Waals surface area contributed by atoms with E-state index in [0.29, 0.717) is 28.5 Å². The van der Waals surface area contributed by atoms with E-state index in [9.17, 15) is 14.7 Å². The molecule has 1 aromatic heterocycles. The Bertz CT molecular complexity index is 1160. The van der Waals surface area contributed by atoms with E-state index >= 15 is 0 Å². The molecule has 0 unspecified atom stereocenters. The number of carbonyl (C=O) groups excluding carboxylic acids is 1. The molecule has 2 N–H and O–H groups in total. The van der Waals surface area contributed by atoms with Crippen molar-refractivity contribution in [1.82, 2.24) is 10.3 Å². The van der Waals surface area contributed by atoms with Crippen molar-refractivity contribution in [2.24, 2.45) is 0 Å². The first-order valence-electron chi connectivity index (χ1n) is 9.67. The number of carbonyl (C=O) groups is 2. The monoisotopic (exact) mass is 386 g/mol. The van der Waals surface area contributed by atoms with Gasteiger partial charge in [0.25, 0.3) is 5.91 Å². The van der Waals surface area contributed by atoms with Gasteiger partial charge in [0.2, 0.25) is 0 Å². The molecule has 1 aliphatic carbocycles. The summed E-state index contributed by atoms with van der Waals surface area (Å²) in [5, 5.41) is 13.2. The molecule has 0 saturated heterocycles. The molecule has 0 radical (unpaired) electrons. The third-order valence-electron chi connectivity index (χ3n) is 5.37. The van der Waals surface area contributed by atoms with Gasteiger partial charge in [-0.3, -0.25) is 4.79 Å². The number of allylic oxidation sites excluding steroid dienone is 1. The second-order valence-electron chi connectivity index (χ2n) is 7.36. The zero-order chi connectivity index (χ0) is 20.5. The number of fused-ring (bicyclic) bond motifs is 2. The fourth-order valence-electron chi connectivity index (χ4n) is 3.96. The molecule has 1 amide bonds. The second-order valence-corrected chi connectivity index (χ2v) is 7.36. The third-order valence-corrected chi connectivity index (χ3v) is 5.37. The highest BCUT2D eigenvalue weighted by Crippen LogP contribution is 2.36. The van der Waals surface area contributed by atoms with Crippen molar-refractivity contribution in [3.8, 4) is 0 Å². The summed E-state index contributed by atoms with van der Waals surface area (Å²) in [7, 11) is 1.61. The lowest BCUT2D eigenvalue weighted by atomic mass is 9.85. The first-order chi connectivity index (χ1) is 14.0. The van der Waals surface area contributed by atoms with Crippen LogP contribution in [0, 0.1) is 6.92 Å². The maximum Gasteiger partial charge on any atom is 0.336 e. The summed E-state index contributed by atoms with van der Waals surface area (Å²) in [6, 6.07) is 13.1.